The number of carbonyl (C=O) groups is 1. The maximum atomic E-state index is 13.8. The van der Waals surface area contributed by atoms with Gasteiger partial charge >= 0.3 is 0 Å². The first kappa shape index (κ1) is 23.7. The van der Waals surface area contributed by atoms with Gasteiger partial charge in [0, 0.05) is 78.3 Å². The Morgan fingerprint density at radius 1 is 1.10 bits per heavy atom. The van der Waals surface area contributed by atoms with Crippen molar-refractivity contribution >= 4 is 28.2 Å². The van der Waals surface area contributed by atoms with Gasteiger partial charge in [0.2, 0.25) is 5.91 Å². The van der Waals surface area contributed by atoms with Crippen molar-refractivity contribution in [3.8, 4) is 0 Å². The van der Waals surface area contributed by atoms with Gasteiger partial charge in [-0.05, 0) is 54.5 Å². The highest BCUT2D eigenvalue weighted by Gasteiger charge is 2.49. The van der Waals surface area contributed by atoms with Gasteiger partial charge < -0.3 is 19.8 Å². The molecule has 1 fully saturated rings. The highest BCUT2D eigenvalue weighted by Crippen LogP contribution is 2.47. The van der Waals surface area contributed by atoms with E-state index in [0.717, 1.165) is 39.8 Å². The molecule has 2 aromatic heterocycles. The standard InChI is InChI=1S/C30H29N5O4/c36-28-7-3-6-26-20-12-21(17-33(26)28)29-24(14-19-13-22(35(38)39)8-9-27(19)34(29)16-20)30(37)31-11-10-18-15-32-25-5-2-1-4-23(18)25/h1-9,13,15,20-21,24,29,32H,10-12,14,16-17H2,(H,31,37)/t20?,21?,24-,29+/m1/s1. The van der Waals surface area contributed by atoms with E-state index in [-0.39, 0.29) is 45.9 Å². The molecule has 3 aliphatic rings. The summed E-state index contributed by atoms with van der Waals surface area (Å²) in [6, 6.07) is 18.5. The zero-order chi connectivity index (χ0) is 26.7. The molecule has 0 saturated carbocycles. The maximum Gasteiger partial charge on any atom is 0.269 e. The summed E-state index contributed by atoms with van der Waals surface area (Å²) in [7, 11) is 0. The Balaban J connectivity index is 1.19. The monoisotopic (exact) mass is 523 g/mol. The number of benzene rings is 2. The lowest BCUT2D eigenvalue weighted by Crippen LogP contribution is -2.61. The minimum absolute atomic E-state index is 0.00205. The van der Waals surface area contributed by atoms with Crippen LogP contribution in [0, 0.1) is 22.0 Å². The van der Waals surface area contributed by atoms with Gasteiger partial charge in [0.25, 0.3) is 11.2 Å². The molecule has 198 valence electrons. The number of nitrogens with zero attached hydrogens (tertiary/aromatic N) is 3. The second-order valence-corrected chi connectivity index (χ2v) is 11.0. The van der Waals surface area contributed by atoms with Crippen LogP contribution in [0.25, 0.3) is 10.9 Å². The van der Waals surface area contributed by atoms with Gasteiger partial charge in [0.05, 0.1) is 10.8 Å². The second-order valence-electron chi connectivity index (χ2n) is 11.0. The fourth-order valence-electron chi connectivity index (χ4n) is 7.24. The van der Waals surface area contributed by atoms with Crippen LogP contribution in [0.2, 0.25) is 0 Å². The Hall–Kier alpha value is -4.40. The van der Waals surface area contributed by atoms with Crippen LogP contribution < -0.4 is 15.8 Å². The molecule has 2 bridgehead atoms. The molecule has 0 radical (unpaired) electrons. The van der Waals surface area contributed by atoms with Gasteiger partial charge in [-0.2, -0.15) is 0 Å². The van der Waals surface area contributed by atoms with Crippen LogP contribution in [0.15, 0.2) is 71.7 Å². The number of rotatable bonds is 5. The van der Waals surface area contributed by atoms with E-state index in [9.17, 15) is 19.7 Å². The molecular weight excluding hydrogens is 494 g/mol. The SMILES string of the molecule is O=C(NCCc1c[nH]c2ccccc12)[C@@H]1Cc2cc([N+](=O)[O-])ccc2N2CC3CC(Cn4c3cccc4=O)[C@@H]12. The van der Waals surface area contributed by atoms with Crippen LogP contribution in [0.5, 0.6) is 0 Å². The molecule has 7 rings (SSSR count). The maximum absolute atomic E-state index is 13.8. The summed E-state index contributed by atoms with van der Waals surface area (Å²) < 4.78 is 1.88. The minimum Gasteiger partial charge on any atom is -0.366 e. The van der Waals surface area contributed by atoms with Crippen LogP contribution in [-0.4, -0.2) is 39.5 Å². The summed E-state index contributed by atoms with van der Waals surface area (Å²) in [5, 5.41) is 15.9. The van der Waals surface area contributed by atoms with Crippen LogP contribution >= 0.6 is 0 Å². The van der Waals surface area contributed by atoms with Crippen molar-refractivity contribution in [2.75, 3.05) is 18.0 Å². The molecule has 2 unspecified atom stereocenters. The topological polar surface area (TPSA) is 113 Å². The Kier molecular flexibility index (Phi) is 5.54. The third kappa shape index (κ3) is 3.91. The van der Waals surface area contributed by atoms with E-state index in [2.05, 4.69) is 21.3 Å². The van der Waals surface area contributed by atoms with E-state index >= 15 is 0 Å². The first-order valence-corrected chi connectivity index (χ1v) is 13.5. The lowest BCUT2D eigenvalue weighted by Gasteiger charge is -2.54. The van der Waals surface area contributed by atoms with E-state index in [4.69, 9.17) is 0 Å². The highest BCUT2D eigenvalue weighted by molar-refractivity contribution is 5.84. The fourth-order valence-corrected chi connectivity index (χ4v) is 7.24. The van der Waals surface area contributed by atoms with Gasteiger partial charge in [-0.3, -0.25) is 19.7 Å². The number of carbonyl (C=O) groups excluding carboxylic acids is 1. The number of para-hydroxylation sites is 1. The third-order valence-electron chi connectivity index (χ3n) is 8.91. The van der Waals surface area contributed by atoms with Crippen molar-refractivity contribution in [1.82, 2.24) is 14.9 Å². The molecule has 9 heteroatoms. The summed E-state index contributed by atoms with van der Waals surface area (Å²) in [5.74, 6) is -0.106. The number of amides is 1. The van der Waals surface area contributed by atoms with E-state index in [1.165, 1.54) is 0 Å². The van der Waals surface area contributed by atoms with Crippen molar-refractivity contribution in [2.45, 2.75) is 37.8 Å². The predicted molar refractivity (Wildman–Crippen MR) is 148 cm³/mol. The normalized spacial score (nSPS) is 23.0. The fraction of sp³-hybridized carbons (Fsp3) is 0.333. The average molecular weight is 524 g/mol. The number of aromatic nitrogens is 2. The van der Waals surface area contributed by atoms with Gasteiger partial charge in [-0.15, -0.1) is 0 Å². The largest absolute Gasteiger partial charge is 0.366 e. The highest BCUT2D eigenvalue weighted by atomic mass is 16.6. The molecule has 0 spiro atoms. The van der Waals surface area contributed by atoms with Crippen molar-refractivity contribution in [3.63, 3.8) is 0 Å². The third-order valence-corrected chi connectivity index (χ3v) is 8.91. The number of hydrogen-bond donors (Lipinski definition) is 2. The van der Waals surface area contributed by atoms with Crippen molar-refractivity contribution in [2.24, 2.45) is 11.8 Å². The predicted octanol–water partition coefficient (Wildman–Crippen LogP) is 3.76. The van der Waals surface area contributed by atoms with Gasteiger partial charge in [-0.1, -0.05) is 24.3 Å². The van der Waals surface area contributed by atoms with Gasteiger partial charge in [-0.25, -0.2) is 0 Å². The number of nitro groups is 1. The smallest absolute Gasteiger partial charge is 0.269 e. The first-order valence-electron chi connectivity index (χ1n) is 13.5. The number of pyridine rings is 1. The number of non-ortho nitro benzene ring substituents is 1. The lowest BCUT2D eigenvalue weighted by atomic mass is 9.70. The zero-order valence-corrected chi connectivity index (χ0v) is 21.4. The van der Waals surface area contributed by atoms with E-state index in [0.29, 0.717) is 32.5 Å². The van der Waals surface area contributed by atoms with Crippen LogP contribution in [-0.2, 0) is 24.2 Å². The van der Waals surface area contributed by atoms with E-state index in [1.807, 2.05) is 47.2 Å². The summed E-state index contributed by atoms with van der Waals surface area (Å²) in [6.45, 7) is 1.75. The molecule has 3 aliphatic heterocycles. The Bertz CT molecular complexity index is 1670. The number of fused-ring (bicyclic) bond motifs is 9. The molecule has 2 aromatic carbocycles. The number of nitro benzene ring substituents is 1. The van der Waals surface area contributed by atoms with E-state index in [1.54, 1.807) is 18.2 Å². The van der Waals surface area contributed by atoms with Crippen molar-refractivity contribution in [3.05, 3.63) is 104 Å². The Labute approximate surface area is 224 Å². The Morgan fingerprint density at radius 3 is 2.85 bits per heavy atom. The van der Waals surface area contributed by atoms with Crippen LogP contribution in [0.4, 0.5) is 11.4 Å². The molecule has 1 amide bonds. The molecule has 4 atom stereocenters. The second kappa shape index (κ2) is 9.11. The quantitative estimate of drug-likeness (QED) is 0.306. The molecule has 0 aliphatic carbocycles. The van der Waals surface area contributed by atoms with Gasteiger partial charge in [0.1, 0.15) is 0 Å². The number of nitrogens with one attached hydrogen (secondary N) is 2. The zero-order valence-electron chi connectivity index (χ0n) is 21.4. The van der Waals surface area contributed by atoms with Crippen molar-refractivity contribution < 1.29 is 9.72 Å². The number of aromatic amines is 1. The van der Waals surface area contributed by atoms with Crippen LogP contribution in [0.1, 0.15) is 29.2 Å². The Morgan fingerprint density at radius 2 is 1.97 bits per heavy atom. The number of piperidine rings is 1. The molecule has 4 aromatic rings. The first-order chi connectivity index (χ1) is 19.0. The number of anilines is 1. The van der Waals surface area contributed by atoms with Crippen LogP contribution in [0.3, 0.4) is 0 Å². The molecule has 9 nitrogen and oxygen atoms in total. The summed E-state index contributed by atoms with van der Waals surface area (Å²) in [4.78, 5) is 43.3. The summed E-state index contributed by atoms with van der Waals surface area (Å²) in [5.41, 5.74) is 5.11. The van der Waals surface area contributed by atoms with Gasteiger partial charge in [0.15, 0.2) is 0 Å². The minimum atomic E-state index is -0.379. The summed E-state index contributed by atoms with van der Waals surface area (Å²) >= 11 is 0. The molecular formula is C30H29N5O4. The lowest BCUT2D eigenvalue weighted by molar-refractivity contribution is -0.384. The molecule has 1 saturated heterocycles. The van der Waals surface area contributed by atoms with E-state index < -0.39 is 0 Å². The molecule has 5 heterocycles. The summed E-state index contributed by atoms with van der Waals surface area (Å²) in [6.07, 6.45) is 4.06. The number of H-pyrrole nitrogens is 1. The number of hydrogen-bond acceptors (Lipinski definition) is 5. The molecule has 39 heavy (non-hydrogen) atoms. The molecule has 2 N–H and O–H groups in total. The van der Waals surface area contributed by atoms with Crippen molar-refractivity contribution in [1.29, 1.82) is 0 Å². The average Bonchev–Trinajstić information content (AvgIpc) is 3.36.